The predicted molar refractivity (Wildman–Crippen MR) is 78.7 cm³/mol. The Hall–Kier alpha value is -1.12. The van der Waals surface area contributed by atoms with E-state index in [9.17, 15) is 5.11 Å². The third-order valence-corrected chi connectivity index (χ3v) is 3.80. The Labute approximate surface area is 117 Å². The summed E-state index contributed by atoms with van der Waals surface area (Å²) < 4.78 is 1.10. The van der Waals surface area contributed by atoms with E-state index in [2.05, 4.69) is 35.8 Å². The highest BCUT2D eigenvalue weighted by Crippen LogP contribution is 2.30. The van der Waals surface area contributed by atoms with Gasteiger partial charge in [0.05, 0.1) is 0 Å². The minimum atomic E-state index is -0.559. The minimum Gasteiger partial charge on any atom is -0.384 e. The zero-order valence-corrected chi connectivity index (χ0v) is 12.2. The van der Waals surface area contributed by atoms with Gasteiger partial charge in [-0.3, -0.25) is 0 Å². The first-order valence-corrected chi connectivity index (χ1v) is 6.91. The molecular weight excluding hydrogens is 288 g/mol. The van der Waals surface area contributed by atoms with Gasteiger partial charge in [0.1, 0.15) is 6.10 Å². The molecule has 0 saturated carbocycles. The number of aliphatic hydroxyl groups excluding tert-OH is 1. The Bertz CT molecular complexity index is 520. The van der Waals surface area contributed by atoms with E-state index in [1.165, 1.54) is 5.56 Å². The fourth-order valence-corrected chi connectivity index (χ4v) is 2.71. The summed E-state index contributed by atoms with van der Waals surface area (Å²) >= 11 is 3.55. The number of aliphatic hydroxyl groups is 1. The Balaban J connectivity index is 2.37. The topological polar surface area (TPSA) is 20.2 Å². The van der Waals surface area contributed by atoms with Crippen LogP contribution in [-0.4, -0.2) is 5.11 Å². The monoisotopic (exact) mass is 304 g/mol. The standard InChI is InChI=1S/C16H17BrO/c1-11(2)14-10-13(8-9-15(14)17)16(18)12-6-4-3-5-7-12/h3-11,16,18H,1-2H3. The Kier molecular flexibility index (Phi) is 4.20. The van der Waals surface area contributed by atoms with Crippen LogP contribution in [-0.2, 0) is 0 Å². The number of benzene rings is 2. The average molecular weight is 305 g/mol. The third-order valence-electron chi connectivity index (χ3n) is 3.07. The van der Waals surface area contributed by atoms with E-state index >= 15 is 0 Å². The van der Waals surface area contributed by atoms with E-state index in [-0.39, 0.29) is 0 Å². The summed E-state index contributed by atoms with van der Waals surface area (Å²) in [5, 5.41) is 10.4. The maximum absolute atomic E-state index is 10.4. The largest absolute Gasteiger partial charge is 0.384 e. The van der Waals surface area contributed by atoms with Crippen molar-refractivity contribution in [2.75, 3.05) is 0 Å². The quantitative estimate of drug-likeness (QED) is 0.875. The molecule has 0 bridgehead atoms. The maximum Gasteiger partial charge on any atom is 0.104 e. The van der Waals surface area contributed by atoms with Gasteiger partial charge in [-0.15, -0.1) is 0 Å². The van der Waals surface area contributed by atoms with Gasteiger partial charge in [0.25, 0.3) is 0 Å². The van der Waals surface area contributed by atoms with Crippen LogP contribution in [0, 0.1) is 0 Å². The molecule has 1 atom stereocenters. The molecule has 1 nitrogen and oxygen atoms in total. The second-order valence-electron chi connectivity index (χ2n) is 4.75. The molecule has 0 aliphatic heterocycles. The van der Waals surface area contributed by atoms with Gasteiger partial charge in [-0.2, -0.15) is 0 Å². The van der Waals surface area contributed by atoms with Crippen molar-refractivity contribution in [1.82, 2.24) is 0 Å². The molecule has 0 amide bonds. The highest BCUT2D eigenvalue weighted by Gasteiger charge is 2.13. The van der Waals surface area contributed by atoms with E-state index in [1.807, 2.05) is 42.5 Å². The molecule has 2 aromatic rings. The van der Waals surface area contributed by atoms with Gasteiger partial charge >= 0.3 is 0 Å². The molecule has 0 saturated heterocycles. The molecule has 2 aromatic carbocycles. The van der Waals surface area contributed by atoms with Gasteiger partial charge in [0.2, 0.25) is 0 Å². The predicted octanol–water partition coefficient (Wildman–Crippen LogP) is 4.65. The van der Waals surface area contributed by atoms with E-state index in [0.717, 1.165) is 15.6 Å². The van der Waals surface area contributed by atoms with Crippen LogP contribution in [0.25, 0.3) is 0 Å². The van der Waals surface area contributed by atoms with Gasteiger partial charge in [-0.1, -0.05) is 72.2 Å². The molecule has 0 aliphatic rings. The molecule has 0 aliphatic carbocycles. The number of halogens is 1. The summed E-state index contributed by atoms with van der Waals surface area (Å²) in [5.74, 6) is 0.433. The third kappa shape index (κ3) is 2.82. The van der Waals surface area contributed by atoms with Crippen LogP contribution < -0.4 is 0 Å². The first-order chi connectivity index (χ1) is 8.59. The summed E-state index contributed by atoms with van der Waals surface area (Å²) in [6.07, 6.45) is -0.559. The second-order valence-corrected chi connectivity index (χ2v) is 5.60. The first kappa shape index (κ1) is 13.3. The molecule has 0 spiro atoms. The highest BCUT2D eigenvalue weighted by molar-refractivity contribution is 9.10. The highest BCUT2D eigenvalue weighted by atomic mass is 79.9. The van der Waals surface area contributed by atoms with Crippen molar-refractivity contribution in [3.8, 4) is 0 Å². The molecule has 0 fully saturated rings. The summed E-state index contributed by atoms with van der Waals surface area (Å²) in [4.78, 5) is 0. The zero-order chi connectivity index (χ0) is 13.1. The van der Waals surface area contributed by atoms with Gasteiger partial charge in [0.15, 0.2) is 0 Å². The van der Waals surface area contributed by atoms with E-state index in [4.69, 9.17) is 0 Å². The molecule has 1 unspecified atom stereocenters. The number of hydrogen-bond donors (Lipinski definition) is 1. The van der Waals surface area contributed by atoms with Crippen molar-refractivity contribution in [2.45, 2.75) is 25.9 Å². The fraction of sp³-hybridized carbons (Fsp3) is 0.250. The summed E-state index contributed by atoms with van der Waals surface area (Å²) in [7, 11) is 0. The van der Waals surface area contributed by atoms with Crippen LogP contribution in [0.2, 0.25) is 0 Å². The fourth-order valence-electron chi connectivity index (χ4n) is 2.00. The van der Waals surface area contributed by atoms with Crippen molar-refractivity contribution in [3.63, 3.8) is 0 Å². The summed E-state index contributed by atoms with van der Waals surface area (Å²) in [5.41, 5.74) is 3.09. The first-order valence-electron chi connectivity index (χ1n) is 6.12. The summed E-state index contributed by atoms with van der Waals surface area (Å²) in [6.45, 7) is 4.30. The molecule has 1 N–H and O–H groups in total. The van der Waals surface area contributed by atoms with Crippen molar-refractivity contribution in [3.05, 3.63) is 69.7 Å². The summed E-state index contributed by atoms with van der Waals surface area (Å²) in [6, 6.07) is 15.8. The smallest absolute Gasteiger partial charge is 0.104 e. The van der Waals surface area contributed by atoms with Crippen LogP contribution in [0.5, 0.6) is 0 Å². The molecule has 0 heterocycles. The lowest BCUT2D eigenvalue weighted by molar-refractivity contribution is 0.220. The lowest BCUT2D eigenvalue weighted by Crippen LogP contribution is -2.01. The average Bonchev–Trinajstić information content (AvgIpc) is 2.39. The lowest BCUT2D eigenvalue weighted by atomic mass is 9.96. The van der Waals surface area contributed by atoms with Crippen LogP contribution in [0.3, 0.4) is 0 Å². The van der Waals surface area contributed by atoms with Crippen LogP contribution >= 0.6 is 15.9 Å². The SMILES string of the molecule is CC(C)c1cc(C(O)c2ccccc2)ccc1Br. The van der Waals surface area contributed by atoms with Crippen LogP contribution in [0.1, 0.15) is 42.6 Å². The normalized spacial score (nSPS) is 12.7. The molecule has 94 valence electrons. The van der Waals surface area contributed by atoms with Gasteiger partial charge in [-0.25, -0.2) is 0 Å². The van der Waals surface area contributed by atoms with E-state index in [1.54, 1.807) is 0 Å². The molecule has 2 heteroatoms. The Morgan fingerprint density at radius 1 is 0.944 bits per heavy atom. The lowest BCUT2D eigenvalue weighted by Gasteiger charge is -2.15. The van der Waals surface area contributed by atoms with Crippen LogP contribution in [0.15, 0.2) is 53.0 Å². The molecule has 2 rings (SSSR count). The van der Waals surface area contributed by atoms with Crippen molar-refractivity contribution < 1.29 is 5.11 Å². The second kappa shape index (κ2) is 5.68. The van der Waals surface area contributed by atoms with Gasteiger partial charge in [-0.05, 0) is 28.7 Å². The van der Waals surface area contributed by atoms with Gasteiger partial charge in [0, 0.05) is 4.47 Å². The van der Waals surface area contributed by atoms with E-state index < -0.39 is 6.10 Å². The number of rotatable bonds is 3. The van der Waals surface area contributed by atoms with Crippen molar-refractivity contribution >= 4 is 15.9 Å². The maximum atomic E-state index is 10.4. The van der Waals surface area contributed by atoms with Gasteiger partial charge < -0.3 is 5.11 Å². The molecular formula is C16H17BrO. The van der Waals surface area contributed by atoms with Crippen molar-refractivity contribution in [2.24, 2.45) is 0 Å². The molecule has 0 aromatic heterocycles. The molecule has 18 heavy (non-hydrogen) atoms. The van der Waals surface area contributed by atoms with Crippen LogP contribution in [0.4, 0.5) is 0 Å². The Morgan fingerprint density at radius 2 is 1.61 bits per heavy atom. The molecule has 0 radical (unpaired) electrons. The van der Waals surface area contributed by atoms with E-state index in [0.29, 0.717) is 5.92 Å². The minimum absolute atomic E-state index is 0.433. The Morgan fingerprint density at radius 3 is 2.22 bits per heavy atom. The zero-order valence-electron chi connectivity index (χ0n) is 10.6. The van der Waals surface area contributed by atoms with Crippen molar-refractivity contribution in [1.29, 1.82) is 0 Å². The number of hydrogen-bond acceptors (Lipinski definition) is 1.